The zero-order valence-corrected chi connectivity index (χ0v) is 25.6. The molecule has 0 aromatic heterocycles. The van der Waals surface area contributed by atoms with Gasteiger partial charge in [0.25, 0.3) is 0 Å². The van der Waals surface area contributed by atoms with E-state index in [-0.39, 0.29) is 19.4 Å². The number of alkyl halides is 1. The van der Waals surface area contributed by atoms with Crippen molar-refractivity contribution in [2.75, 3.05) is 20.3 Å². The number of carbonyl (C=O) groups is 3. The van der Waals surface area contributed by atoms with Crippen LogP contribution in [0.5, 0.6) is 0 Å². The normalized spacial score (nSPS) is 15.8. The molecule has 42 heavy (non-hydrogen) atoms. The van der Waals surface area contributed by atoms with E-state index in [0.29, 0.717) is 5.92 Å². The Hall–Kier alpha value is -3.46. The van der Waals surface area contributed by atoms with Crippen LogP contribution in [-0.2, 0) is 41.6 Å². The third kappa shape index (κ3) is 10.7. The lowest BCUT2D eigenvalue weighted by atomic mass is 9.91. The second-order valence-corrected chi connectivity index (χ2v) is 12.4. The van der Waals surface area contributed by atoms with E-state index in [4.69, 9.17) is 18.9 Å². The molecule has 2 aromatic rings. The average Bonchev–Trinajstić information content (AvgIpc) is 2.94. The number of hydrogen-bond acceptors (Lipinski definition) is 7. The minimum atomic E-state index is -1.82. The van der Waals surface area contributed by atoms with Gasteiger partial charge < -0.3 is 18.9 Å². The maximum atomic E-state index is 14.8. The summed E-state index contributed by atoms with van der Waals surface area (Å²) in [4.78, 5) is 40.6. The Labute approximate surface area is 248 Å². The molecule has 2 aromatic carbocycles. The number of ether oxygens (including phenoxy) is 4. The van der Waals surface area contributed by atoms with Gasteiger partial charge in [-0.3, -0.25) is 4.90 Å². The smallest absolute Gasteiger partial charge is 0.410 e. The first-order chi connectivity index (χ1) is 19.7. The fourth-order valence-corrected chi connectivity index (χ4v) is 4.68. The Morgan fingerprint density at radius 3 is 2.12 bits per heavy atom. The molecule has 8 nitrogen and oxygen atoms in total. The summed E-state index contributed by atoms with van der Waals surface area (Å²) in [7, 11) is 1.35. The molecule has 2 atom stereocenters. The average molecular weight is 586 g/mol. The zero-order chi connectivity index (χ0) is 30.9. The number of esters is 2. The molecule has 1 saturated heterocycles. The first-order valence-electron chi connectivity index (χ1n) is 14.4. The predicted octanol–water partition coefficient (Wildman–Crippen LogP) is 6.15. The van der Waals surface area contributed by atoms with Crippen molar-refractivity contribution < 1.29 is 37.7 Å². The second kappa shape index (κ2) is 14.6. The molecular formula is C33H44FNO7. The number of benzene rings is 2. The third-order valence-electron chi connectivity index (χ3n) is 6.94. The SMILES string of the molecule is CN(C(=O)OC(C)(C)C)[C@@H](CC(C)(C)F)C(=O)O[C@H](Cc1ccc(C2CCOCC2)cc1)C(=O)OCc1ccccc1. The summed E-state index contributed by atoms with van der Waals surface area (Å²) >= 11 is 0. The zero-order valence-electron chi connectivity index (χ0n) is 25.6. The summed E-state index contributed by atoms with van der Waals surface area (Å²) in [6.07, 6.45) is -0.526. The Kier molecular flexibility index (Phi) is 11.5. The number of likely N-dealkylation sites (N-methyl/N-ethyl adjacent to an activating group) is 1. The highest BCUT2D eigenvalue weighted by molar-refractivity contribution is 5.85. The summed E-state index contributed by atoms with van der Waals surface area (Å²) in [5.74, 6) is -1.25. The lowest BCUT2D eigenvalue weighted by Gasteiger charge is -2.32. The number of hydrogen-bond donors (Lipinski definition) is 0. The number of carbonyl (C=O) groups excluding carboxylic acids is 3. The Morgan fingerprint density at radius 1 is 0.929 bits per heavy atom. The molecule has 0 N–H and O–H groups in total. The summed E-state index contributed by atoms with van der Waals surface area (Å²) in [5.41, 5.74) is 0.0857. The topological polar surface area (TPSA) is 91.4 Å². The van der Waals surface area contributed by atoms with Gasteiger partial charge in [0.15, 0.2) is 0 Å². The van der Waals surface area contributed by atoms with E-state index >= 15 is 0 Å². The number of nitrogens with zero attached hydrogens (tertiary/aromatic N) is 1. The molecular weight excluding hydrogens is 541 g/mol. The van der Waals surface area contributed by atoms with E-state index in [1.54, 1.807) is 20.8 Å². The maximum absolute atomic E-state index is 14.8. The van der Waals surface area contributed by atoms with Gasteiger partial charge in [0.05, 0.1) is 0 Å². The van der Waals surface area contributed by atoms with E-state index in [1.165, 1.54) is 26.5 Å². The minimum Gasteiger partial charge on any atom is -0.458 e. The Morgan fingerprint density at radius 2 is 1.55 bits per heavy atom. The molecule has 0 unspecified atom stereocenters. The lowest BCUT2D eigenvalue weighted by Crippen LogP contribution is -2.49. The molecule has 1 fully saturated rings. The number of amides is 1. The molecule has 1 aliphatic rings. The predicted molar refractivity (Wildman–Crippen MR) is 157 cm³/mol. The van der Waals surface area contributed by atoms with Crippen molar-refractivity contribution in [3.63, 3.8) is 0 Å². The molecule has 230 valence electrons. The Balaban J connectivity index is 1.81. The van der Waals surface area contributed by atoms with Crippen molar-refractivity contribution in [1.29, 1.82) is 0 Å². The molecule has 0 aliphatic carbocycles. The summed E-state index contributed by atoms with van der Waals surface area (Å²) < 4.78 is 36.9. The van der Waals surface area contributed by atoms with Gasteiger partial charge >= 0.3 is 18.0 Å². The van der Waals surface area contributed by atoms with Gasteiger partial charge in [-0.25, -0.2) is 18.8 Å². The molecule has 3 rings (SSSR count). The van der Waals surface area contributed by atoms with Crippen LogP contribution in [0.2, 0.25) is 0 Å². The van der Waals surface area contributed by atoms with Crippen LogP contribution in [0.3, 0.4) is 0 Å². The van der Waals surface area contributed by atoms with Crippen molar-refractivity contribution in [2.24, 2.45) is 0 Å². The summed E-state index contributed by atoms with van der Waals surface area (Å²) in [6.45, 7) is 9.14. The highest BCUT2D eigenvalue weighted by Gasteiger charge is 2.38. The van der Waals surface area contributed by atoms with Crippen molar-refractivity contribution in [3.05, 3.63) is 71.3 Å². The van der Waals surface area contributed by atoms with E-state index in [2.05, 4.69) is 0 Å². The summed E-state index contributed by atoms with van der Waals surface area (Å²) in [5, 5.41) is 0. The van der Waals surface area contributed by atoms with Gasteiger partial charge in [-0.1, -0.05) is 54.6 Å². The number of halogens is 1. The fraction of sp³-hybridized carbons (Fsp3) is 0.545. The van der Waals surface area contributed by atoms with Crippen LogP contribution < -0.4 is 0 Å². The lowest BCUT2D eigenvalue weighted by molar-refractivity contribution is -0.172. The van der Waals surface area contributed by atoms with Gasteiger partial charge in [0.2, 0.25) is 6.10 Å². The van der Waals surface area contributed by atoms with Crippen LogP contribution in [-0.4, -0.2) is 66.6 Å². The minimum absolute atomic E-state index is 0.00480. The second-order valence-electron chi connectivity index (χ2n) is 12.4. The van der Waals surface area contributed by atoms with Gasteiger partial charge in [-0.2, -0.15) is 0 Å². The highest BCUT2D eigenvalue weighted by atomic mass is 19.1. The van der Waals surface area contributed by atoms with Crippen LogP contribution in [0, 0.1) is 0 Å². The Bertz CT molecular complexity index is 1170. The molecule has 0 radical (unpaired) electrons. The fourth-order valence-electron chi connectivity index (χ4n) is 4.68. The van der Waals surface area contributed by atoms with Crippen molar-refractivity contribution in [3.8, 4) is 0 Å². The van der Waals surface area contributed by atoms with Crippen molar-refractivity contribution in [2.45, 2.75) is 96.2 Å². The molecule has 1 aliphatic heterocycles. The third-order valence-corrected chi connectivity index (χ3v) is 6.94. The summed E-state index contributed by atoms with van der Waals surface area (Å²) in [6, 6.07) is 15.7. The van der Waals surface area contributed by atoms with Crippen LogP contribution >= 0.6 is 0 Å². The van der Waals surface area contributed by atoms with Crippen molar-refractivity contribution in [1.82, 2.24) is 4.90 Å². The van der Waals surface area contributed by atoms with E-state index in [9.17, 15) is 18.8 Å². The molecule has 1 heterocycles. The largest absolute Gasteiger partial charge is 0.458 e. The highest BCUT2D eigenvalue weighted by Crippen LogP contribution is 2.28. The monoisotopic (exact) mass is 585 g/mol. The van der Waals surface area contributed by atoms with E-state index in [1.807, 2.05) is 54.6 Å². The number of rotatable bonds is 11. The molecule has 0 bridgehead atoms. The van der Waals surface area contributed by atoms with Gasteiger partial charge in [0, 0.05) is 33.1 Å². The standard InChI is InChI=1S/C33H44FNO7/c1-32(2,3)42-31(38)35(6)27(21-33(4,5)34)29(36)41-28(30(37)40-22-24-10-8-7-9-11-24)20-23-12-14-25(15-13-23)26-16-18-39-19-17-26/h7-15,26-28H,16-22H2,1-6H3/t27-,28+/m0/s1. The van der Waals surface area contributed by atoms with Crippen LogP contribution in [0.15, 0.2) is 54.6 Å². The van der Waals surface area contributed by atoms with Crippen LogP contribution in [0.25, 0.3) is 0 Å². The quantitative estimate of drug-likeness (QED) is 0.231. The van der Waals surface area contributed by atoms with Gasteiger partial charge in [0.1, 0.15) is 23.9 Å². The molecule has 0 spiro atoms. The molecule has 9 heteroatoms. The van der Waals surface area contributed by atoms with E-state index in [0.717, 1.165) is 42.1 Å². The molecule has 1 amide bonds. The van der Waals surface area contributed by atoms with Gasteiger partial charge in [-0.05, 0) is 70.1 Å². The van der Waals surface area contributed by atoms with E-state index < -0.39 is 41.4 Å². The first kappa shape index (κ1) is 33.0. The first-order valence-corrected chi connectivity index (χ1v) is 14.4. The van der Waals surface area contributed by atoms with Crippen molar-refractivity contribution >= 4 is 18.0 Å². The van der Waals surface area contributed by atoms with Crippen LogP contribution in [0.4, 0.5) is 9.18 Å². The maximum Gasteiger partial charge on any atom is 0.410 e. The van der Waals surface area contributed by atoms with Crippen LogP contribution in [0.1, 0.15) is 76.5 Å². The molecule has 0 saturated carbocycles. The van der Waals surface area contributed by atoms with Gasteiger partial charge in [-0.15, -0.1) is 0 Å².